The first-order chi connectivity index (χ1) is 9.06. The second-order valence-corrected chi connectivity index (χ2v) is 6.43. The summed E-state index contributed by atoms with van der Waals surface area (Å²) in [5, 5.41) is 22.9. The number of aliphatic hydroxyl groups is 1. The monoisotopic (exact) mass is 269 g/mol. The zero-order valence-electron chi connectivity index (χ0n) is 11.2. The minimum atomic E-state index is -0.728. The molecule has 2 heterocycles. The van der Waals surface area contributed by atoms with E-state index in [2.05, 4.69) is 5.32 Å². The fourth-order valence-corrected chi connectivity index (χ4v) is 3.75. The van der Waals surface area contributed by atoms with Gasteiger partial charge in [-0.1, -0.05) is 0 Å². The number of carboxylic acids is 1. The van der Waals surface area contributed by atoms with Gasteiger partial charge in [-0.15, -0.1) is 0 Å². The number of carbonyl (C=O) groups is 1. The van der Waals surface area contributed by atoms with Gasteiger partial charge in [-0.25, -0.2) is 0 Å². The first-order valence-electron chi connectivity index (χ1n) is 7.40. The lowest BCUT2D eigenvalue weighted by molar-refractivity contribution is -0.144. The van der Waals surface area contributed by atoms with Crippen molar-refractivity contribution in [1.82, 2.24) is 5.32 Å². The van der Waals surface area contributed by atoms with Gasteiger partial charge in [0.1, 0.15) is 0 Å². The molecule has 3 fully saturated rings. The van der Waals surface area contributed by atoms with Crippen molar-refractivity contribution in [3.8, 4) is 0 Å². The van der Waals surface area contributed by atoms with Crippen LogP contribution >= 0.6 is 0 Å². The maximum atomic E-state index is 10.9. The average Bonchev–Trinajstić information content (AvgIpc) is 2.99. The van der Waals surface area contributed by atoms with E-state index in [1.54, 1.807) is 0 Å². The van der Waals surface area contributed by atoms with Crippen molar-refractivity contribution in [2.45, 2.75) is 68.8 Å². The van der Waals surface area contributed by atoms with Crippen LogP contribution in [0.1, 0.15) is 44.9 Å². The van der Waals surface area contributed by atoms with Crippen LogP contribution in [0.2, 0.25) is 0 Å². The molecular weight excluding hydrogens is 246 g/mol. The van der Waals surface area contributed by atoms with Crippen LogP contribution in [0.5, 0.6) is 0 Å². The molecule has 2 aliphatic heterocycles. The van der Waals surface area contributed by atoms with Gasteiger partial charge in [0.15, 0.2) is 0 Å². The largest absolute Gasteiger partial charge is 0.481 e. The van der Waals surface area contributed by atoms with Gasteiger partial charge in [-0.2, -0.15) is 0 Å². The molecule has 0 aromatic carbocycles. The highest BCUT2D eigenvalue weighted by molar-refractivity contribution is 5.70. The highest BCUT2D eigenvalue weighted by atomic mass is 16.5. The summed E-state index contributed by atoms with van der Waals surface area (Å²) in [6.07, 6.45) is 6.43. The Labute approximate surface area is 113 Å². The second-order valence-electron chi connectivity index (χ2n) is 6.43. The predicted octanol–water partition coefficient (Wildman–Crippen LogP) is 0.902. The van der Waals surface area contributed by atoms with Crippen LogP contribution in [-0.4, -0.2) is 46.6 Å². The molecule has 2 bridgehead atoms. The Morgan fingerprint density at radius 3 is 2.53 bits per heavy atom. The van der Waals surface area contributed by atoms with E-state index in [0.29, 0.717) is 50.5 Å². The minimum Gasteiger partial charge on any atom is -0.481 e. The zero-order chi connectivity index (χ0) is 13.5. The maximum Gasteiger partial charge on any atom is 0.306 e. The smallest absolute Gasteiger partial charge is 0.306 e. The second kappa shape index (κ2) is 5.04. The number of fused-ring (bicyclic) bond motifs is 2. The topological polar surface area (TPSA) is 78.8 Å². The molecule has 0 radical (unpaired) electrons. The van der Waals surface area contributed by atoms with Crippen LogP contribution in [-0.2, 0) is 9.53 Å². The molecule has 0 amide bonds. The molecule has 3 rings (SSSR count). The lowest BCUT2D eigenvalue weighted by Gasteiger charge is -2.36. The van der Waals surface area contributed by atoms with Crippen molar-refractivity contribution in [2.24, 2.45) is 5.92 Å². The lowest BCUT2D eigenvalue weighted by Crippen LogP contribution is -2.49. The summed E-state index contributed by atoms with van der Waals surface area (Å²) in [5.74, 6) is -0.998. The van der Waals surface area contributed by atoms with Gasteiger partial charge < -0.3 is 20.3 Å². The molecule has 1 aliphatic carbocycles. The predicted molar refractivity (Wildman–Crippen MR) is 68.8 cm³/mol. The molecule has 19 heavy (non-hydrogen) atoms. The maximum absolute atomic E-state index is 10.9. The molecule has 0 spiro atoms. The first kappa shape index (κ1) is 13.3. The third kappa shape index (κ3) is 2.78. The highest BCUT2D eigenvalue weighted by Gasteiger charge is 2.42. The Bertz CT molecular complexity index is 351. The van der Waals surface area contributed by atoms with E-state index in [1.807, 2.05) is 0 Å². The number of aliphatic carboxylic acids is 1. The molecule has 5 heteroatoms. The van der Waals surface area contributed by atoms with Gasteiger partial charge in [0.25, 0.3) is 0 Å². The van der Waals surface area contributed by atoms with Crippen LogP contribution in [0.4, 0.5) is 0 Å². The SMILES string of the molecule is O=C(O)C1CCC(O)(CNC2CC3CCC2O3)CC1. The van der Waals surface area contributed by atoms with Gasteiger partial charge in [-0.05, 0) is 44.9 Å². The summed E-state index contributed by atoms with van der Waals surface area (Å²) < 4.78 is 5.78. The van der Waals surface area contributed by atoms with Crippen LogP contribution in [0.3, 0.4) is 0 Å². The Morgan fingerprint density at radius 2 is 2.00 bits per heavy atom. The number of hydrogen-bond acceptors (Lipinski definition) is 4. The fraction of sp³-hybridized carbons (Fsp3) is 0.929. The van der Waals surface area contributed by atoms with Crippen LogP contribution in [0.15, 0.2) is 0 Å². The molecular formula is C14H23NO4. The van der Waals surface area contributed by atoms with Gasteiger partial charge in [0.05, 0.1) is 23.7 Å². The van der Waals surface area contributed by atoms with E-state index in [-0.39, 0.29) is 5.92 Å². The fourth-order valence-electron chi connectivity index (χ4n) is 3.75. The Hall–Kier alpha value is -0.650. The molecule has 108 valence electrons. The molecule has 3 atom stereocenters. The van der Waals surface area contributed by atoms with E-state index < -0.39 is 11.6 Å². The zero-order valence-corrected chi connectivity index (χ0v) is 11.2. The average molecular weight is 269 g/mol. The summed E-state index contributed by atoms with van der Waals surface area (Å²) in [4.78, 5) is 10.9. The summed E-state index contributed by atoms with van der Waals surface area (Å²) in [6.45, 7) is 0.566. The van der Waals surface area contributed by atoms with Gasteiger partial charge in [-0.3, -0.25) is 4.79 Å². The molecule has 5 nitrogen and oxygen atoms in total. The number of rotatable bonds is 4. The number of hydrogen-bond donors (Lipinski definition) is 3. The highest BCUT2D eigenvalue weighted by Crippen LogP contribution is 2.36. The minimum absolute atomic E-state index is 0.272. The summed E-state index contributed by atoms with van der Waals surface area (Å²) >= 11 is 0. The lowest BCUT2D eigenvalue weighted by atomic mass is 9.78. The molecule has 0 aromatic heterocycles. The van der Waals surface area contributed by atoms with Crippen molar-refractivity contribution >= 4 is 5.97 Å². The molecule has 0 aromatic rings. The van der Waals surface area contributed by atoms with Gasteiger partial charge in [0, 0.05) is 12.6 Å². The Balaban J connectivity index is 1.46. The summed E-state index contributed by atoms with van der Waals surface area (Å²) in [7, 11) is 0. The molecule has 2 saturated heterocycles. The Kier molecular flexibility index (Phi) is 3.53. The molecule has 3 N–H and O–H groups in total. The van der Waals surface area contributed by atoms with Crippen molar-refractivity contribution < 1.29 is 19.7 Å². The van der Waals surface area contributed by atoms with Crippen LogP contribution in [0, 0.1) is 5.92 Å². The van der Waals surface area contributed by atoms with E-state index in [9.17, 15) is 9.90 Å². The van der Waals surface area contributed by atoms with Crippen LogP contribution < -0.4 is 5.32 Å². The summed E-state index contributed by atoms with van der Waals surface area (Å²) in [5.41, 5.74) is -0.728. The van der Waals surface area contributed by atoms with Gasteiger partial charge >= 0.3 is 5.97 Å². The Morgan fingerprint density at radius 1 is 1.26 bits per heavy atom. The van der Waals surface area contributed by atoms with Crippen molar-refractivity contribution in [3.63, 3.8) is 0 Å². The number of nitrogens with one attached hydrogen (secondary N) is 1. The molecule has 1 saturated carbocycles. The van der Waals surface area contributed by atoms with E-state index in [1.165, 1.54) is 6.42 Å². The number of carboxylic acid groups (broad SMARTS) is 1. The van der Waals surface area contributed by atoms with Crippen molar-refractivity contribution in [3.05, 3.63) is 0 Å². The normalized spacial score (nSPS) is 45.5. The van der Waals surface area contributed by atoms with E-state index >= 15 is 0 Å². The third-order valence-corrected chi connectivity index (χ3v) is 5.06. The van der Waals surface area contributed by atoms with E-state index in [4.69, 9.17) is 9.84 Å². The van der Waals surface area contributed by atoms with Gasteiger partial charge in [0.2, 0.25) is 0 Å². The van der Waals surface area contributed by atoms with Crippen LogP contribution in [0.25, 0.3) is 0 Å². The third-order valence-electron chi connectivity index (χ3n) is 5.06. The van der Waals surface area contributed by atoms with Crippen molar-refractivity contribution in [2.75, 3.05) is 6.54 Å². The molecule has 3 aliphatic rings. The standard InChI is InChI=1S/C14H23NO4/c16-13(17)9-3-5-14(18,6-4-9)8-15-11-7-10-1-2-12(11)19-10/h9-12,15,18H,1-8H2,(H,16,17). The van der Waals surface area contributed by atoms with Crippen molar-refractivity contribution in [1.29, 1.82) is 0 Å². The quantitative estimate of drug-likeness (QED) is 0.707. The molecule has 3 unspecified atom stereocenters. The summed E-state index contributed by atoms with van der Waals surface area (Å²) in [6, 6.07) is 0.375. The first-order valence-corrected chi connectivity index (χ1v) is 7.40. The number of ether oxygens (including phenoxy) is 1. The van der Waals surface area contributed by atoms with E-state index in [0.717, 1.165) is 12.8 Å².